The van der Waals surface area contributed by atoms with Crippen molar-refractivity contribution in [1.29, 1.82) is 0 Å². The summed E-state index contributed by atoms with van der Waals surface area (Å²) in [5.74, 6) is 0. The van der Waals surface area contributed by atoms with Crippen LogP contribution in [0.3, 0.4) is 0 Å². The molecular formula is C43H29NOS. The van der Waals surface area contributed by atoms with Gasteiger partial charge in [0.25, 0.3) is 0 Å². The number of fused-ring (bicyclic) bond motifs is 11. The van der Waals surface area contributed by atoms with E-state index in [1.54, 1.807) is 0 Å². The summed E-state index contributed by atoms with van der Waals surface area (Å²) in [4.78, 5) is 2.35. The fourth-order valence-electron chi connectivity index (χ4n) is 7.81. The average molecular weight is 608 g/mol. The number of para-hydroxylation sites is 2. The molecule has 46 heavy (non-hydrogen) atoms. The van der Waals surface area contributed by atoms with Gasteiger partial charge in [0, 0.05) is 47.7 Å². The number of furan rings is 1. The van der Waals surface area contributed by atoms with Crippen LogP contribution < -0.4 is 4.90 Å². The van der Waals surface area contributed by atoms with Crippen molar-refractivity contribution in [3.8, 4) is 11.1 Å². The van der Waals surface area contributed by atoms with Crippen molar-refractivity contribution < 1.29 is 4.42 Å². The highest BCUT2D eigenvalue weighted by Crippen LogP contribution is 2.52. The van der Waals surface area contributed by atoms with E-state index in [2.05, 4.69) is 158 Å². The summed E-state index contributed by atoms with van der Waals surface area (Å²) in [6, 6.07) is 50.8. The molecule has 0 aliphatic heterocycles. The summed E-state index contributed by atoms with van der Waals surface area (Å²) in [6.07, 6.45) is 0. The molecule has 2 nitrogen and oxygen atoms in total. The zero-order chi connectivity index (χ0) is 30.6. The molecule has 0 saturated carbocycles. The number of thiophene rings is 1. The zero-order valence-corrected chi connectivity index (χ0v) is 26.4. The number of hydrogen-bond acceptors (Lipinski definition) is 3. The van der Waals surface area contributed by atoms with Gasteiger partial charge in [-0.15, -0.1) is 11.3 Å². The molecule has 0 amide bonds. The molecule has 0 spiro atoms. The van der Waals surface area contributed by atoms with Crippen LogP contribution in [0.1, 0.15) is 25.0 Å². The molecule has 3 heteroatoms. The first kappa shape index (κ1) is 25.9. The first-order valence-electron chi connectivity index (χ1n) is 15.9. The van der Waals surface area contributed by atoms with Crippen LogP contribution in [-0.2, 0) is 5.41 Å². The lowest BCUT2D eigenvalue weighted by Crippen LogP contribution is -2.15. The van der Waals surface area contributed by atoms with Gasteiger partial charge in [-0.2, -0.15) is 0 Å². The van der Waals surface area contributed by atoms with Crippen molar-refractivity contribution in [2.24, 2.45) is 0 Å². The lowest BCUT2D eigenvalue weighted by molar-refractivity contribution is 0.660. The maximum absolute atomic E-state index is 6.84. The van der Waals surface area contributed by atoms with Crippen molar-refractivity contribution in [2.75, 3.05) is 4.90 Å². The minimum absolute atomic E-state index is 0.0394. The minimum atomic E-state index is -0.0394. The summed E-state index contributed by atoms with van der Waals surface area (Å²) in [5, 5.41) is 7.47. The summed E-state index contributed by atoms with van der Waals surface area (Å²) < 4.78 is 9.42. The lowest BCUT2D eigenvalue weighted by Gasteiger charge is -2.27. The van der Waals surface area contributed by atoms with Gasteiger partial charge in [-0.25, -0.2) is 0 Å². The van der Waals surface area contributed by atoms with E-state index in [1.165, 1.54) is 58.6 Å². The molecule has 9 aromatic rings. The maximum atomic E-state index is 6.84. The van der Waals surface area contributed by atoms with Crippen molar-refractivity contribution in [3.05, 3.63) is 151 Å². The van der Waals surface area contributed by atoms with Crippen LogP contribution in [0.2, 0.25) is 0 Å². The fourth-order valence-corrected chi connectivity index (χ4v) is 9.10. The average Bonchev–Trinajstić information content (AvgIpc) is 3.72. The summed E-state index contributed by atoms with van der Waals surface area (Å²) >= 11 is 1.87. The van der Waals surface area contributed by atoms with Crippen LogP contribution >= 0.6 is 11.3 Å². The molecule has 10 rings (SSSR count). The van der Waals surface area contributed by atoms with Gasteiger partial charge in [0.15, 0.2) is 5.58 Å². The summed E-state index contributed by atoms with van der Waals surface area (Å²) in [7, 11) is 0. The summed E-state index contributed by atoms with van der Waals surface area (Å²) in [6.45, 7) is 4.66. The van der Waals surface area contributed by atoms with E-state index in [4.69, 9.17) is 4.42 Å². The standard InChI is InChI=1S/C43H29NOS/c1-43(2)35-17-9-8-15-30(35)33-25-29(19-21-36(33)43)44(28-13-4-3-5-14-28)37-18-10-16-32-40-38(45-41(32)37)22-20-31-34-23-26-11-6-7-12-27(26)24-39(34)46-42(31)40/h3-25H,1-2H3. The lowest BCUT2D eigenvalue weighted by atomic mass is 9.82. The molecule has 0 bridgehead atoms. The Kier molecular flexibility index (Phi) is 5.25. The van der Waals surface area contributed by atoms with E-state index < -0.39 is 0 Å². The van der Waals surface area contributed by atoms with Crippen LogP contribution in [0, 0.1) is 0 Å². The Balaban J connectivity index is 1.23. The number of anilines is 3. The monoisotopic (exact) mass is 607 g/mol. The SMILES string of the molecule is CC1(C)c2ccccc2-c2cc(N(c3ccccc3)c3cccc4c3oc3ccc5c6cc7ccccc7cc6sc5c34)ccc21. The van der Waals surface area contributed by atoms with Gasteiger partial charge >= 0.3 is 0 Å². The molecule has 0 unspecified atom stereocenters. The van der Waals surface area contributed by atoms with E-state index in [0.29, 0.717) is 0 Å². The molecule has 0 radical (unpaired) electrons. The fraction of sp³-hybridized carbons (Fsp3) is 0.0698. The first-order valence-corrected chi connectivity index (χ1v) is 16.7. The van der Waals surface area contributed by atoms with Gasteiger partial charge in [0.05, 0.1) is 5.69 Å². The number of benzene rings is 7. The Hall–Kier alpha value is -5.38. The molecular weight excluding hydrogens is 579 g/mol. The molecule has 0 N–H and O–H groups in total. The Morgan fingerprint density at radius 3 is 2.20 bits per heavy atom. The second kappa shape index (κ2) is 9.32. The van der Waals surface area contributed by atoms with Gasteiger partial charge in [0.2, 0.25) is 0 Å². The predicted molar refractivity (Wildman–Crippen MR) is 196 cm³/mol. The van der Waals surface area contributed by atoms with E-state index in [1.807, 2.05) is 11.3 Å². The normalized spacial score (nSPS) is 13.6. The molecule has 1 aliphatic rings. The highest BCUT2D eigenvalue weighted by molar-refractivity contribution is 7.26. The van der Waals surface area contributed by atoms with Crippen molar-refractivity contribution in [2.45, 2.75) is 19.3 Å². The van der Waals surface area contributed by atoms with Crippen LogP contribution in [-0.4, -0.2) is 0 Å². The van der Waals surface area contributed by atoms with Gasteiger partial charge in [-0.1, -0.05) is 98.8 Å². The van der Waals surface area contributed by atoms with E-state index in [-0.39, 0.29) is 5.41 Å². The van der Waals surface area contributed by atoms with Gasteiger partial charge < -0.3 is 9.32 Å². The van der Waals surface area contributed by atoms with Crippen molar-refractivity contribution in [1.82, 2.24) is 0 Å². The Labute approximate surface area is 270 Å². The van der Waals surface area contributed by atoms with Gasteiger partial charge in [-0.05, 0) is 87.6 Å². The van der Waals surface area contributed by atoms with Crippen LogP contribution in [0.15, 0.2) is 144 Å². The zero-order valence-electron chi connectivity index (χ0n) is 25.5. The largest absolute Gasteiger partial charge is 0.454 e. The third-order valence-corrected chi connectivity index (χ3v) is 11.2. The predicted octanol–water partition coefficient (Wildman–Crippen LogP) is 12.9. The molecule has 7 aromatic carbocycles. The third kappa shape index (κ3) is 3.52. The number of hydrogen-bond donors (Lipinski definition) is 0. The maximum Gasteiger partial charge on any atom is 0.159 e. The molecule has 2 heterocycles. The topological polar surface area (TPSA) is 16.4 Å². The van der Waals surface area contributed by atoms with Crippen molar-refractivity contribution in [3.63, 3.8) is 0 Å². The second-order valence-electron chi connectivity index (χ2n) is 12.9. The molecule has 2 aromatic heterocycles. The number of rotatable bonds is 3. The highest BCUT2D eigenvalue weighted by Gasteiger charge is 2.35. The smallest absolute Gasteiger partial charge is 0.159 e. The Bertz CT molecular complexity index is 2680. The van der Waals surface area contributed by atoms with Gasteiger partial charge in [0.1, 0.15) is 5.58 Å². The molecule has 218 valence electrons. The van der Waals surface area contributed by atoms with Crippen LogP contribution in [0.25, 0.3) is 64.0 Å². The second-order valence-corrected chi connectivity index (χ2v) is 14.0. The highest BCUT2D eigenvalue weighted by atomic mass is 32.1. The minimum Gasteiger partial charge on any atom is -0.454 e. The quantitative estimate of drug-likeness (QED) is 0.199. The molecule has 0 fully saturated rings. The molecule has 1 aliphatic carbocycles. The third-order valence-electron chi connectivity index (χ3n) is 10.0. The summed E-state index contributed by atoms with van der Waals surface area (Å²) in [5.41, 5.74) is 10.4. The van der Waals surface area contributed by atoms with E-state index in [9.17, 15) is 0 Å². The van der Waals surface area contributed by atoms with Gasteiger partial charge in [-0.3, -0.25) is 0 Å². The Morgan fingerprint density at radius 2 is 1.33 bits per heavy atom. The first-order chi connectivity index (χ1) is 22.6. The van der Waals surface area contributed by atoms with Crippen molar-refractivity contribution >= 4 is 81.3 Å². The van der Waals surface area contributed by atoms with Crippen LogP contribution in [0.5, 0.6) is 0 Å². The number of nitrogens with zero attached hydrogens (tertiary/aromatic N) is 1. The molecule has 0 saturated heterocycles. The van der Waals surface area contributed by atoms with E-state index in [0.717, 1.165) is 33.6 Å². The molecule has 0 atom stereocenters. The van der Waals surface area contributed by atoms with Crippen LogP contribution in [0.4, 0.5) is 17.1 Å². The Morgan fingerprint density at radius 1 is 0.565 bits per heavy atom. The van der Waals surface area contributed by atoms with E-state index >= 15 is 0 Å².